The quantitative estimate of drug-likeness (QED) is 0.756. The van der Waals surface area contributed by atoms with Crippen molar-refractivity contribution < 1.29 is 4.79 Å². The zero-order chi connectivity index (χ0) is 12.4. The van der Waals surface area contributed by atoms with Crippen LogP contribution in [-0.2, 0) is 13.5 Å². The number of imidazole rings is 1. The van der Waals surface area contributed by atoms with E-state index in [0.29, 0.717) is 6.42 Å². The summed E-state index contributed by atoms with van der Waals surface area (Å²) in [4.78, 5) is 16.4. The van der Waals surface area contributed by atoms with Crippen LogP contribution in [-0.4, -0.2) is 15.3 Å². The third-order valence-corrected chi connectivity index (χ3v) is 2.93. The molecule has 0 fully saturated rings. The number of carbonyl (C=O) groups is 1. The number of hydrogen-bond donors (Lipinski definition) is 0. The van der Waals surface area contributed by atoms with Crippen molar-refractivity contribution in [2.75, 3.05) is 0 Å². The summed E-state index contributed by atoms with van der Waals surface area (Å²) < 4.78 is 1.88. The molecule has 0 bridgehead atoms. The molecule has 1 aromatic heterocycles. The Morgan fingerprint density at radius 3 is 2.76 bits per heavy atom. The lowest BCUT2D eigenvalue weighted by Crippen LogP contribution is -2.09. The fourth-order valence-corrected chi connectivity index (χ4v) is 1.84. The van der Waals surface area contributed by atoms with E-state index in [0.717, 1.165) is 22.5 Å². The minimum Gasteiger partial charge on any atom is -0.338 e. The summed E-state index contributed by atoms with van der Waals surface area (Å²) in [6, 6.07) is 5.95. The first-order chi connectivity index (χ1) is 8.08. The van der Waals surface area contributed by atoms with Crippen molar-refractivity contribution in [3.05, 3.63) is 53.1 Å². The SMILES string of the molecule is Cc1ccc(C)c(C(=O)Cc2nccn2C)c1. The normalized spacial score (nSPS) is 10.5. The van der Waals surface area contributed by atoms with Gasteiger partial charge in [-0.05, 0) is 25.5 Å². The van der Waals surface area contributed by atoms with Gasteiger partial charge < -0.3 is 4.57 Å². The molecule has 0 aliphatic rings. The molecule has 88 valence electrons. The monoisotopic (exact) mass is 228 g/mol. The van der Waals surface area contributed by atoms with Crippen LogP contribution in [0, 0.1) is 13.8 Å². The molecule has 0 N–H and O–H groups in total. The fraction of sp³-hybridized carbons (Fsp3) is 0.286. The molecule has 0 spiro atoms. The van der Waals surface area contributed by atoms with Gasteiger partial charge >= 0.3 is 0 Å². The second-order valence-electron chi connectivity index (χ2n) is 4.37. The van der Waals surface area contributed by atoms with E-state index in [4.69, 9.17) is 0 Å². The van der Waals surface area contributed by atoms with E-state index in [2.05, 4.69) is 4.98 Å². The molecule has 3 heteroatoms. The summed E-state index contributed by atoms with van der Waals surface area (Å²) in [5.74, 6) is 0.927. The van der Waals surface area contributed by atoms with E-state index in [1.165, 1.54) is 0 Å². The van der Waals surface area contributed by atoms with Crippen LogP contribution in [0.5, 0.6) is 0 Å². The number of rotatable bonds is 3. The van der Waals surface area contributed by atoms with Gasteiger partial charge in [-0.2, -0.15) is 0 Å². The van der Waals surface area contributed by atoms with Gasteiger partial charge in [0.05, 0.1) is 6.42 Å². The lowest BCUT2D eigenvalue weighted by Gasteiger charge is -2.06. The van der Waals surface area contributed by atoms with Crippen molar-refractivity contribution in [2.45, 2.75) is 20.3 Å². The smallest absolute Gasteiger partial charge is 0.170 e. The minimum atomic E-state index is 0.125. The Labute approximate surface area is 101 Å². The van der Waals surface area contributed by atoms with Crippen molar-refractivity contribution in [1.29, 1.82) is 0 Å². The number of Topliss-reactive ketones (excluding diaryl/α,β-unsaturated/α-hetero) is 1. The highest BCUT2D eigenvalue weighted by Crippen LogP contribution is 2.13. The van der Waals surface area contributed by atoms with Gasteiger partial charge in [-0.3, -0.25) is 4.79 Å². The topological polar surface area (TPSA) is 34.9 Å². The van der Waals surface area contributed by atoms with Crippen LogP contribution in [0.2, 0.25) is 0 Å². The Morgan fingerprint density at radius 1 is 1.35 bits per heavy atom. The standard InChI is InChI=1S/C14H16N2O/c1-10-4-5-11(2)12(8-10)13(17)9-14-15-6-7-16(14)3/h4-8H,9H2,1-3H3. The van der Waals surface area contributed by atoms with E-state index in [-0.39, 0.29) is 5.78 Å². The summed E-state index contributed by atoms with van der Waals surface area (Å²) in [5.41, 5.74) is 2.93. The van der Waals surface area contributed by atoms with Gasteiger partial charge in [0.1, 0.15) is 5.82 Å². The molecule has 2 rings (SSSR count). The van der Waals surface area contributed by atoms with Crippen LogP contribution in [0.25, 0.3) is 0 Å². The highest BCUT2D eigenvalue weighted by molar-refractivity contribution is 5.98. The van der Waals surface area contributed by atoms with Gasteiger partial charge in [0, 0.05) is 25.0 Å². The van der Waals surface area contributed by atoms with Gasteiger partial charge in [-0.1, -0.05) is 17.7 Å². The molecule has 3 nitrogen and oxygen atoms in total. The van der Waals surface area contributed by atoms with Crippen molar-refractivity contribution >= 4 is 5.78 Å². The van der Waals surface area contributed by atoms with Crippen LogP contribution in [0.3, 0.4) is 0 Å². The third kappa shape index (κ3) is 2.44. The Balaban J connectivity index is 2.26. The first-order valence-electron chi connectivity index (χ1n) is 5.64. The molecule has 0 aliphatic carbocycles. The van der Waals surface area contributed by atoms with Crippen LogP contribution in [0.15, 0.2) is 30.6 Å². The van der Waals surface area contributed by atoms with E-state index in [9.17, 15) is 4.79 Å². The minimum absolute atomic E-state index is 0.125. The molecular weight excluding hydrogens is 212 g/mol. The van der Waals surface area contributed by atoms with Crippen LogP contribution in [0.1, 0.15) is 27.3 Å². The molecule has 1 aromatic carbocycles. The predicted octanol–water partition coefficient (Wildman–Crippen LogP) is 2.46. The average Bonchev–Trinajstić information content (AvgIpc) is 2.68. The molecule has 0 aliphatic heterocycles. The van der Waals surface area contributed by atoms with Crippen LogP contribution < -0.4 is 0 Å². The second kappa shape index (κ2) is 4.53. The van der Waals surface area contributed by atoms with Crippen molar-refractivity contribution in [1.82, 2.24) is 9.55 Å². The maximum atomic E-state index is 12.2. The van der Waals surface area contributed by atoms with Gasteiger partial charge in [0.25, 0.3) is 0 Å². The van der Waals surface area contributed by atoms with Crippen molar-refractivity contribution in [2.24, 2.45) is 7.05 Å². The number of aromatic nitrogens is 2. The zero-order valence-corrected chi connectivity index (χ0v) is 10.4. The third-order valence-electron chi connectivity index (χ3n) is 2.93. The summed E-state index contributed by atoms with van der Waals surface area (Å²) in [6.45, 7) is 3.96. The fourth-order valence-electron chi connectivity index (χ4n) is 1.84. The second-order valence-corrected chi connectivity index (χ2v) is 4.37. The number of aryl methyl sites for hydroxylation is 3. The highest BCUT2D eigenvalue weighted by atomic mass is 16.1. The summed E-state index contributed by atoms with van der Waals surface area (Å²) in [5, 5.41) is 0. The van der Waals surface area contributed by atoms with Gasteiger partial charge in [0.15, 0.2) is 5.78 Å². The van der Waals surface area contributed by atoms with Gasteiger partial charge in [-0.15, -0.1) is 0 Å². The Hall–Kier alpha value is -1.90. The number of hydrogen-bond acceptors (Lipinski definition) is 2. The number of carbonyl (C=O) groups excluding carboxylic acids is 1. The Morgan fingerprint density at radius 2 is 2.12 bits per heavy atom. The van der Waals surface area contributed by atoms with E-state index < -0.39 is 0 Å². The van der Waals surface area contributed by atoms with Crippen LogP contribution in [0.4, 0.5) is 0 Å². The van der Waals surface area contributed by atoms with Crippen molar-refractivity contribution in [3.8, 4) is 0 Å². The molecule has 0 radical (unpaired) electrons. The predicted molar refractivity (Wildman–Crippen MR) is 67.2 cm³/mol. The van der Waals surface area contributed by atoms with Crippen molar-refractivity contribution in [3.63, 3.8) is 0 Å². The molecule has 17 heavy (non-hydrogen) atoms. The van der Waals surface area contributed by atoms with E-state index in [1.807, 2.05) is 49.9 Å². The largest absolute Gasteiger partial charge is 0.338 e. The summed E-state index contributed by atoms with van der Waals surface area (Å²) in [6.07, 6.45) is 3.92. The molecule has 0 saturated heterocycles. The number of ketones is 1. The number of benzene rings is 1. The Kier molecular flexibility index (Phi) is 3.09. The highest BCUT2D eigenvalue weighted by Gasteiger charge is 2.12. The maximum absolute atomic E-state index is 12.2. The maximum Gasteiger partial charge on any atom is 0.170 e. The molecule has 0 unspecified atom stereocenters. The molecule has 1 heterocycles. The average molecular weight is 228 g/mol. The van der Waals surface area contributed by atoms with E-state index >= 15 is 0 Å². The molecular formula is C14H16N2O. The first kappa shape index (κ1) is 11.6. The number of nitrogens with zero attached hydrogens (tertiary/aromatic N) is 2. The first-order valence-corrected chi connectivity index (χ1v) is 5.64. The molecule has 0 saturated carbocycles. The van der Waals surface area contributed by atoms with Gasteiger partial charge in [0.2, 0.25) is 0 Å². The van der Waals surface area contributed by atoms with Gasteiger partial charge in [-0.25, -0.2) is 4.98 Å². The summed E-state index contributed by atoms with van der Waals surface area (Å²) >= 11 is 0. The lowest BCUT2D eigenvalue weighted by atomic mass is 10.00. The lowest BCUT2D eigenvalue weighted by molar-refractivity contribution is 0.0989. The molecule has 2 aromatic rings. The molecule has 0 atom stereocenters. The zero-order valence-electron chi connectivity index (χ0n) is 10.4. The Bertz CT molecular complexity index is 555. The summed E-state index contributed by atoms with van der Waals surface area (Å²) in [7, 11) is 1.90. The molecule has 0 amide bonds. The van der Waals surface area contributed by atoms with E-state index in [1.54, 1.807) is 6.20 Å². The van der Waals surface area contributed by atoms with Crippen LogP contribution >= 0.6 is 0 Å².